The second-order valence-electron chi connectivity index (χ2n) is 3.74. The minimum Gasteiger partial charge on any atom is -0.475 e. The molecule has 0 aromatic carbocycles. The standard InChI is InChI=1S/C11H14O7/c12-4-2-1-3-7(13)6-5-8(10(14)15)18-9(6)11(16)17/h5,7,12-13H,1-4H2,(H,14,15)(H,16,17). The fourth-order valence-corrected chi connectivity index (χ4v) is 1.53. The second-order valence-corrected chi connectivity index (χ2v) is 3.74. The van der Waals surface area contributed by atoms with E-state index >= 15 is 0 Å². The zero-order valence-electron chi connectivity index (χ0n) is 9.50. The predicted molar refractivity (Wildman–Crippen MR) is 58.5 cm³/mol. The van der Waals surface area contributed by atoms with Crippen LogP contribution in [0.4, 0.5) is 0 Å². The summed E-state index contributed by atoms with van der Waals surface area (Å²) in [6.07, 6.45) is 0.0619. The van der Waals surface area contributed by atoms with Crippen molar-refractivity contribution in [3.05, 3.63) is 23.2 Å². The lowest BCUT2D eigenvalue weighted by Gasteiger charge is -2.08. The predicted octanol–water partition coefficient (Wildman–Crippen LogP) is 0.872. The van der Waals surface area contributed by atoms with Crippen molar-refractivity contribution < 1.29 is 34.4 Å². The van der Waals surface area contributed by atoms with E-state index in [1.165, 1.54) is 0 Å². The lowest BCUT2D eigenvalue weighted by molar-refractivity contribution is 0.0624. The molecule has 4 N–H and O–H groups in total. The molecule has 1 atom stereocenters. The van der Waals surface area contributed by atoms with Gasteiger partial charge in [0.25, 0.3) is 0 Å². The van der Waals surface area contributed by atoms with Crippen LogP contribution in [0.2, 0.25) is 0 Å². The van der Waals surface area contributed by atoms with Crippen molar-refractivity contribution in [3.63, 3.8) is 0 Å². The number of hydrogen-bond acceptors (Lipinski definition) is 5. The Hall–Kier alpha value is -1.86. The van der Waals surface area contributed by atoms with Gasteiger partial charge in [0, 0.05) is 12.2 Å². The molecule has 0 radical (unpaired) electrons. The van der Waals surface area contributed by atoms with E-state index in [4.69, 9.17) is 15.3 Å². The van der Waals surface area contributed by atoms with Crippen LogP contribution in [0, 0.1) is 0 Å². The Morgan fingerprint density at radius 2 is 1.89 bits per heavy atom. The number of hydrogen-bond donors (Lipinski definition) is 4. The molecular formula is C11H14O7. The minimum atomic E-state index is -1.43. The van der Waals surface area contributed by atoms with Gasteiger partial charge in [-0.1, -0.05) is 0 Å². The summed E-state index contributed by atoms with van der Waals surface area (Å²) in [7, 11) is 0. The maximum atomic E-state index is 10.9. The molecule has 7 nitrogen and oxygen atoms in total. The van der Waals surface area contributed by atoms with Gasteiger partial charge in [0.15, 0.2) is 0 Å². The quantitative estimate of drug-likeness (QED) is 0.534. The number of aromatic carboxylic acids is 2. The minimum absolute atomic E-state index is 0.0235. The largest absolute Gasteiger partial charge is 0.475 e. The molecular weight excluding hydrogens is 244 g/mol. The molecule has 0 aliphatic carbocycles. The lowest BCUT2D eigenvalue weighted by atomic mass is 10.0. The van der Waals surface area contributed by atoms with Gasteiger partial charge in [-0.2, -0.15) is 0 Å². The molecule has 0 aliphatic rings. The van der Waals surface area contributed by atoms with Crippen molar-refractivity contribution in [3.8, 4) is 0 Å². The molecule has 100 valence electrons. The highest BCUT2D eigenvalue weighted by molar-refractivity contribution is 5.90. The SMILES string of the molecule is O=C(O)c1cc(C(O)CCCCO)c(C(=O)O)o1. The molecule has 7 heteroatoms. The Balaban J connectivity index is 2.91. The highest BCUT2D eigenvalue weighted by Gasteiger charge is 2.25. The van der Waals surface area contributed by atoms with Gasteiger partial charge in [-0.25, -0.2) is 9.59 Å². The van der Waals surface area contributed by atoms with Crippen LogP contribution in [0.25, 0.3) is 0 Å². The van der Waals surface area contributed by atoms with Gasteiger partial charge in [-0.15, -0.1) is 0 Å². The molecule has 0 bridgehead atoms. The van der Waals surface area contributed by atoms with Crippen LogP contribution in [0.1, 0.15) is 52.0 Å². The van der Waals surface area contributed by atoms with Crippen molar-refractivity contribution in [2.75, 3.05) is 6.61 Å². The first-order chi connectivity index (χ1) is 8.47. The number of furan rings is 1. The molecule has 1 unspecified atom stereocenters. The van der Waals surface area contributed by atoms with Gasteiger partial charge in [0.05, 0.1) is 6.10 Å². The second kappa shape index (κ2) is 6.18. The average Bonchev–Trinajstić information content (AvgIpc) is 2.74. The van der Waals surface area contributed by atoms with Crippen molar-refractivity contribution in [2.24, 2.45) is 0 Å². The summed E-state index contributed by atoms with van der Waals surface area (Å²) in [4.78, 5) is 21.5. The molecule has 0 aliphatic heterocycles. The highest BCUT2D eigenvalue weighted by atomic mass is 16.4. The van der Waals surface area contributed by atoms with Gasteiger partial charge < -0.3 is 24.8 Å². The molecule has 18 heavy (non-hydrogen) atoms. The normalized spacial score (nSPS) is 12.3. The van der Waals surface area contributed by atoms with Crippen molar-refractivity contribution in [1.29, 1.82) is 0 Å². The van der Waals surface area contributed by atoms with E-state index < -0.39 is 29.6 Å². The van der Waals surface area contributed by atoms with E-state index in [0.717, 1.165) is 6.07 Å². The first kappa shape index (κ1) is 14.2. The Kier molecular flexibility index (Phi) is 4.87. The summed E-state index contributed by atoms with van der Waals surface area (Å²) in [6, 6.07) is 1.01. The third kappa shape index (κ3) is 3.31. The number of carbonyl (C=O) groups is 2. The summed E-state index contributed by atoms with van der Waals surface area (Å²) in [5, 5.41) is 35.9. The van der Waals surface area contributed by atoms with Crippen LogP contribution in [0.15, 0.2) is 10.5 Å². The maximum Gasteiger partial charge on any atom is 0.372 e. The molecule has 0 fully saturated rings. The Morgan fingerprint density at radius 1 is 1.22 bits per heavy atom. The van der Waals surface area contributed by atoms with Crippen LogP contribution in [0.3, 0.4) is 0 Å². The summed E-state index contributed by atoms with van der Waals surface area (Å²) < 4.78 is 4.66. The van der Waals surface area contributed by atoms with Crippen LogP contribution in [0.5, 0.6) is 0 Å². The van der Waals surface area contributed by atoms with E-state index in [0.29, 0.717) is 12.8 Å². The molecule has 1 heterocycles. The Morgan fingerprint density at radius 3 is 2.39 bits per heavy atom. The topological polar surface area (TPSA) is 128 Å². The summed E-state index contributed by atoms with van der Waals surface area (Å²) in [5.41, 5.74) is -0.0576. The van der Waals surface area contributed by atoms with Crippen LogP contribution in [-0.4, -0.2) is 39.0 Å². The van der Waals surface area contributed by atoms with Crippen molar-refractivity contribution in [1.82, 2.24) is 0 Å². The van der Waals surface area contributed by atoms with E-state index in [9.17, 15) is 14.7 Å². The molecule has 1 aromatic heterocycles. The van der Waals surface area contributed by atoms with Gasteiger partial charge >= 0.3 is 11.9 Å². The average molecular weight is 258 g/mol. The van der Waals surface area contributed by atoms with Crippen molar-refractivity contribution >= 4 is 11.9 Å². The van der Waals surface area contributed by atoms with Gasteiger partial charge in [0.1, 0.15) is 0 Å². The molecule has 0 saturated heterocycles. The number of unbranched alkanes of at least 4 members (excludes halogenated alkanes) is 1. The lowest BCUT2D eigenvalue weighted by Crippen LogP contribution is -2.04. The summed E-state index contributed by atoms with van der Waals surface area (Å²) in [5.74, 6) is -3.92. The maximum absolute atomic E-state index is 10.9. The van der Waals surface area contributed by atoms with E-state index in [1.807, 2.05) is 0 Å². The summed E-state index contributed by atoms with van der Waals surface area (Å²) in [6.45, 7) is -0.0235. The zero-order valence-corrected chi connectivity index (χ0v) is 9.50. The molecule has 0 saturated carbocycles. The van der Waals surface area contributed by atoms with E-state index in [2.05, 4.69) is 4.42 Å². The molecule has 0 amide bonds. The third-order valence-corrected chi connectivity index (χ3v) is 2.41. The zero-order chi connectivity index (χ0) is 13.7. The number of aliphatic hydroxyl groups is 2. The molecule has 0 spiro atoms. The first-order valence-corrected chi connectivity index (χ1v) is 5.36. The monoisotopic (exact) mass is 258 g/mol. The number of aliphatic hydroxyl groups excluding tert-OH is 2. The number of carboxylic acids is 2. The molecule has 1 rings (SSSR count). The van der Waals surface area contributed by atoms with Crippen LogP contribution in [-0.2, 0) is 0 Å². The van der Waals surface area contributed by atoms with Crippen molar-refractivity contribution in [2.45, 2.75) is 25.4 Å². The number of rotatable bonds is 7. The fourth-order valence-electron chi connectivity index (χ4n) is 1.53. The van der Waals surface area contributed by atoms with Gasteiger partial charge in [-0.3, -0.25) is 0 Å². The highest BCUT2D eigenvalue weighted by Crippen LogP contribution is 2.26. The summed E-state index contributed by atoms with van der Waals surface area (Å²) >= 11 is 0. The fraction of sp³-hybridized carbons (Fsp3) is 0.455. The van der Waals surface area contributed by atoms with Crippen LogP contribution < -0.4 is 0 Å². The van der Waals surface area contributed by atoms with E-state index in [1.54, 1.807) is 0 Å². The smallest absolute Gasteiger partial charge is 0.372 e. The first-order valence-electron chi connectivity index (χ1n) is 5.36. The van der Waals surface area contributed by atoms with Gasteiger partial charge in [0.2, 0.25) is 11.5 Å². The van der Waals surface area contributed by atoms with E-state index in [-0.39, 0.29) is 18.6 Å². The Labute approximate surface area is 102 Å². The third-order valence-electron chi connectivity index (χ3n) is 2.41. The molecule has 1 aromatic rings. The van der Waals surface area contributed by atoms with Crippen LogP contribution >= 0.6 is 0 Å². The Bertz CT molecular complexity index is 435. The number of carboxylic acid groups (broad SMARTS) is 2. The van der Waals surface area contributed by atoms with Gasteiger partial charge in [-0.05, 0) is 25.3 Å².